The van der Waals surface area contributed by atoms with E-state index in [4.69, 9.17) is 5.73 Å². The Balaban J connectivity index is 1.66. The van der Waals surface area contributed by atoms with Crippen LogP contribution in [-0.2, 0) is 0 Å². The number of hydrogen-bond acceptors (Lipinski definition) is 5. The quantitative estimate of drug-likeness (QED) is 0.271. The van der Waals surface area contributed by atoms with Crippen LogP contribution in [0.25, 0.3) is 22.1 Å². The Morgan fingerprint density at radius 1 is 1.08 bits per heavy atom. The number of rotatable bonds is 4. The number of nitrogen functional groups attached to an aromatic ring is 1. The van der Waals surface area contributed by atoms with Gasteiger partial charge in [0.2, 0.25) is 0 Å². The summed E-state index contributed by atoms with van der Waals surface area (Å²) in [5.74, 6) is 2.92. The number of benzene rings is 2. The van der Waals surface area contributed by atoms with Crippen LogP contribution in [0.2, 0.25) is 19.6 Å². The minimum absolute atomic E-state index is 0.0815. The maximum absolute atomic E-state index is 14.1. The maximum Gasteiger partial charge on any atom is 0.264 e. The average Bonchev–Trinajstić information content (AvgIpc) is 3.23. The topological polar surface area (TPSA) is 107 Å². The molecule has 0 aliphatic heterocycles. The molecular formula is C29H28N6O2Si. The standard InChI is InChI=1S/C29H28N6O2Si/c1-19(32-28(36)25-26(30)33-34-16-9-15-31-27(25)34)23-18-21-11-8-10-20(14-17-38(2,3)4)24(21)29(37)35(23)22-12-6-5-7-13-22/h5-13,15-16,18-19H,1-4H3,(H2,30,33)(H,32,36)/t19-/m0/s1. The molecule has 190 valence electrons. The van der Waals surface area contributed by atoms with Crippen molar-refractivity contribution < 1.29 is 4.79 Å². The fourth-order valence-electron chi connectivity index (χ4n) is 4.37. The van der Waals surface area contributed by atoms with Gasteiger partial charge in [-0.3, -0.25) is 14.2 Å². The second kappa shape index (κ2) is 9.65. The third kappa shape index (κ3) is 4.69. The number of nitrogens with two attached hydrogens (primary N) is 1. The van der Waals surface area contributed by atoms with E-state index in [0.29, 0.717) is 28.0 Å². The van der Waals surface area contributed by atoms with E-state index in [0.717, 1.165) is 5.39 Å². The molecule has 0 unspecified atom stereocenters. The molecule has 1 atom stereocenters. The van der Waals surface area contributed by atoms with Crippen molar-refractivity contribution in [2.24, 2.45) is 0 Å². The Labute approximate surface area is 221 Å². The van der Waals surface area contributed by atoms with E-state index < -0.39 is 20.0 Å². The van der Waals surface area contributed by atoms with Gasteiger partial charge in [0.15, 0.2) is 11.5 Å². The summed E-state index contributed by atoms with van der Waals surface area (Å²) in [6.07, 6.45) is 3.26. The van der Waals surface area contributed by atoms with Gasteiger partial charge in [0.05, 0.1) is 11.4 Å². The van der Waals surface area contributed by atoms with E-state index in [9.17, 15) is 9.59 Å². The SMILES string of the molecule is C[C@H](NC(=O)c1c(N)nn2cccnc12)c1cc2cccc(C#C[Si](C)(C)C)c2c(=O)n1-c1ccccc1. The van der Waals surface area contributed by atoms with E-state index in [-0.39, 0.29) is 16.9 Å². The lowest BCUT2D eigenvalue weighted by Crippen LogP contribution is -2.32. The molecule has 0 fully saturated rings. The van der Waals surface area contributed by atoms with Crippen LogP contribution in [0.1, 0.15) is 34.6 Å². The van der Waals surface area contributed by atoms with Gasteiger partial charge in [0.1, 0.15) is 13.6 Å². The van der Waals surface area contributed by atoms with Crippen LogP contribution in [0.15, 0.2) is 77.9 Å². The summed E-state index contributed by atoms with van der Waals surface area (Å²) in [7, 11) is -1.66. The predicted molar refractivity (Wildman–Crippen MR) is 153 cm³/mol. The smallest absolute Gasteiger partial charge is 0.264 e. The van der Waals surface area contributed by atoms with Gasteiger partial charge in [-0.1, -0.05) is 55.9 Å². The van der Waals surface area contributed by atoms with E-state index in [1.165, 1.54) is 4.52 Å². The molecule has 0 radical (unpaired) electrons. The molecule has 1 amide bonds. The van der Waals surface area contributed by atoms with E-state index in [1.807, 2.05) is 61.5 Å². The number of amides is 1. The summed E-state index contributed by atoms with van der Waals surface area (Å²) < 4.78 is 3.11. The molecule has 5 rings (SSSR count). The number of carbonyl (C=O) groups excluding carboxylic acids is 1. The summed E-state index contributed by atoms with van der Waals surface area (Å²) in [6.45, 7) is 8.34. The first-order valence-corrected chi connectivity index (χ1v) is 15.8. The van der Waals surface area contributed by atoms with Crippen LogP contribution in [0, 0.1) is 11.5 Å². The molecule has 0 aliphatic carbocycles. The van der Waals surface area contributed by atoms with Crippen molar-refractivity contribution in [1.29, 1.82) is 0 Å². The van der Waals surface area contributed by atoms with Crippen molar-refractivity contribution >= 4 is 36.2 Å². The number of anilines is 1. The minimum atomic E-state index is -1.66. The van der Waals surface area contributed by atoms with Gasteiger partial charge in [-0.2, -0.15) is 0 Å². The Morgan fingerprint density at radius 2 is 1.84 bits per heavy atom. The Hall–Kier alpha value is -4.68. The molecule has 3 heterocycles. The second-order valence-electron chi connectivity index (χ2n) is 10.2. The van der Waals surface area contributed by atoms with Crippen molar-refractivity contribution in [3.05, 3.63) is 100 Å². The van der Waals surface area contributed by atoms with Crippen molar-refractivity contribution in [2.75, 3.05) is 5.73 Å². The minimum Gasteiger partial charge on any atom is -0.381 e. The van der Waals surface area contributed by atoms with Gasteiger partial charge in [-0.05, 0) is 42.6 Å². The molecule has 9 heteroatoms. The van der Waals surface area contributed by atoms with E-state index in [1.54, 1.807) is 23.0 Å². The Bertz CT molecular complexity index is 1810. The second-order valence-corrected chi connectivity index (χ2v) is 14.9. The number of nitrogens with one attached hydrogen (secondary N) is 1. The van der Waals surface area contributed by atoms with Crippen LogP contribution in [0.4, 0.5) is 5.82 Å². The number of pyridine rings is 1. The van der Waals surface area contributed by atoms with Crippen molar-refractivity contribution in [3.63, 3.8) is 0 Å². The van der Waals surface area contributed by atoms with Crippen LogP contribution >= 0.6 is 0 Å². The number of carbonyl (C=O) groups is 1. The molecule has 0 saturated heterocycles. The summed E-state index contributed by atoms with van der Waals surface area (Å²) in [6, 6.07) is 18.2. The zero-order valence-corrected chi connectivity index (χ0v) is 22.7. The number of fused-ring (bicyclic) bond motifs is 2. The van der Waals surface area contributed by atoms with Crippen LogP contribution in [0.3, 0.4) is 0 Å². The normalized spacial score (nSPS) is 12.2. The first-order valence-electron chi connectivity index (χ1n) is 12.3. The molecule has 0 bridgehead atoms. The zero-order valence-electron chi connectivity index (χ0n) is 21.7. The molecule has 5 aromatic rings. The molecular weight excluding hydrogens is 492 g/mol. The molecule has 3 aromatic heterocycles. The van der Waals surface area contributed by atoms with Gasteiger partial charge in [-0.25, -0.2) is 9.50 Å². The summed E-state index contributed by atoms with van der Waals surface area (Å²) in [4.78, 5) is 31.7. The molecule has 2 aromatic carbocycles. The number of nitrogens with zero attached hydrogens (tertiary/aromatic N) is 4. The zero-order chi connectivity index (χ0) is 27.0. The molecule has 0 saturated carbocycles. The first kappa shape index (κ1) is 25.0. The first-order chi connectivity index (χ1) is 18.1. The van der Waals surface area contributed by atoms with Crippen LogP contribution < -0.4 is 16.6 Å². The third-order valence-corrected chi connectivity index (χ3v) is 6.98. The largest absolute Gasteiger partial charge is 0.381 e. The third-order valence-electron chi connectivity index (χ3n) is 6.10. The highest BCUT2D eigenvalue weighted by Gasteiger charge is 2.24. The average molecular weight is 521 g/mol. The maximum atomic E-state index is 14.1. The van der Waals surface area contributed by atoms with Crippen LogP contribution in [0.5, 0.6) is 0 Å². The van der Waals surface area contributed by atoms with Gasteiger partial charge in [-0.15, -0.1) is 10.6 Å². The number of hydrogen-bond donors (Lipinski definition) is 2. The lowest BCUT2D eigenvalue weighted by molar-refractivity contribution is 0.0941. The number of para-hydroxylation sites is 1. The van der Waals surface area contributed by atoms with E-state index >= 15 is 0 Å². The molecule has 3 N–H and O–H groups in total. The summed E-state index contributed by atoms with van der Waals surface area (Å²) in [5.41, 5.74) is 11.8. The highest BCUT2D eigenvalue weighted by Crippen LogP contribution is 2.24. The molecule has 0 aliphatic rings. The fourth-order valence-corrected chi connectivity index (χ4v) is 4.88. The van der Waals surface area contributed by atoms with Crippen molar-refractivity contribution in [2.45, 2.75) is 32.6 Å². The fraction of sp³-hybridized carbons (Fsp3) is 0.172. The lowest BCUT2D eigenvalue weighted by atomic mass is 10.0. The number of aromatic nitrogens is 4. The van der Waals surface area contributed by atoms with Gasteiger partial charge >= 0.3 is 0 Å². The highest BCUT2D eigenvalue weighted by molar-refractivity contribution is 6.83. The van der Waals surface area contributed by atoms with Crippen LogP contribution in [-0.4, -0.2) is 33.1 Å². The molecule has 38 heavy (non-hydrogen) atoms. The Morgan fingerprint density at radius 3 is 2.58 bits per heavy atom. The molecule has 8 nitrogen and oxygen atoms in total. The van der Waals surface area contributed by atoms with E-state index in [2.05, 4.69) is 46.5 Å². The van der Waals surface area contributed by atoms with Crippen molar-refractivity contribution in [3.8, 4) is 17.2 Å². The monoisotopic (exact) mass is 520 g/mol. The van der Waals surface area contributed by atoms with Crippen molar-refractivity contribution in [1.82, 2.24) is 24.5 Å². The van der Waals surface area contributed by atoms with Gasteiger partial charge < -0.3 is 11.1 Å². The van der Waals surface area contributed by atoms with Gasteiger partial charge in [0.25, 0.3) is 11.5 Å². The summed E-state index contributed by atoms with van der Waals surface area (Å²) in [5, 5.41) is 8.50. The van der Waals surface area contributed by atoms with Gasteiger partial charge in [0, 0.05) is 29.3 Å². The Kier molecular flexibility index (Phi) is 6.34. The molecule has 0 spiro atoms. The highest BCUT2D eigenvalue weighted by atomic mass is 28.3. The summed E-state index contributed by atoms with van der Waals surface area (Å²) >= 11 is 0. The lowest BCUT2D eigenvalue weighted by Gasteiger charge is -2.21. The predicted octanol–water partition coefficient (Wildman–Crippen LogP) is 4.34.